The highest BCUT2D eigenvalue weighted by molar-refractivity contribution is 8.01. The Bertz CT molecular complexity index is 1230. The molecular weight excluding hydrogens is 468 g/mol. The third-order valence-corrected chi connectivity index (χ3v) is 8.30. The van der Waals surface area contributed by atoms with Crippen LogP contribution in [0.3, 0.4) is 0 Å². The quantitative estimate of drug-likeness (QED) is 0.412. The molecule has 0 fully saturated rings. The molecule has 8 nitrogen and oxygen atoms in total. The Hall–Kier alpha value is -2.63. The summed E-state index contributed by atoms with van der Waals surface area (Å²) in [6, 6.07) is 13.4. The maximum atomic E-state index is 13.4. The van der Waals surface area contributed by atoms with Gasteiger partial charge in [0.1, 0.15) is 5.75 Å². The van der Waals surface area contributed by atoms with Crippen molar-refractivity contribution in [2.24, 2.45) is 0 Å². The van der Waals surface area contributed by atoms with E-state index < -0.39 is 22.0 Å². The van der Waals surface area contributed by atoms with Gasteiger partial charge in [0.2, 0.25) is 5.13 Å². The highest BCUT2D eigenvalue weighted by atomic mass is 32.2. The number of carbonyl (C=O) groups excluding carboxylic acids is 1. The molecule has 1 aromatic heterocycles. The number of ether oxygens (including phenoxy) is 1. The number of rotatable bonds is 6. The van der Waals surface area contributed by atoms with E-state index in [1.807, 2.05) is 26.8 Å². The molecule has 1 unspecified atom stereocenters. The number of aryl methyl sites for hydroxylation is 1. The molecule has 2 heterocycles. The number of nitrogens with one attached hydrogen (secondary N) is 1. The smallest absolute Gasteiger partial charge is 0.269 e. The van der Waals surface area contributed by atoms with Crippen molar-refractivity contribution in [2.75, 3.05) is 16.2 Å². The zero-order valence-electron chi connectivity index (χ0n) is 17.7. The zero-order chi connectivity index (χ0) is 22.9. The number of anilines is 2. The summed E-state index contributed by atoms with van der Waals surface area (Å²) in [4.78, 5) is 13.1. The van der Waals surface area contributed by atoms with Crippen molar-refractivity contribution in [1.82, 2.24) is 10.2 Å². The molecule has 1 amide bonds. The van der Waals surface area contributed by atoms with Gasteiger partial charge in [0, 0.05) is 5.25 Å². The van der Waals surface area contributed by atoms with Crippen LogP contribution in [-0.4, -0.2) is 42.4 Å². The molecule has 1 N–H and O–H groups in total. The number of amides is 1. The minimum atomic E-state index is -3.89. The van der Waals surface area contributed by atoms with E-state index in [1.165, 1.54) is 27.8 Å². The second-order valence-corrected chi connectivity index (χ2v) is 12.1. The highest BCUT2D eigenvalue weighted by Crippen LogP contribution is 2.38. The Labute approximate surface area is 195 Å². The summed E-state index contributed by atoms with van der Waals surface area (Å²) in [5.74, 6) is -0.146. The average Bonchev–Trinajstić information content (AvgIpc) is 3.19. The third-order valence-electron chi connectivity index (χ3n) is 4.58. The van der Waals surface area contributed by atoms with Crippen LogP contribution in [-0.2, 0) is 14.8 Å². The van der Waals surface area contributed by atoms with Crippen LogP contribution < -0.4 is 14.4 Å². The van der Waals surface area contributed by atoms with Gasteiger partial charge in [-0.25, -0.2) is 8.42 Å². The number of hydrogen-bond donors (Lipinski definition) is 1. The first-order chi connectivity index (χ1) is 15.2. The molecule has 0 saturated heterocycles. The van der Waals surface area contributed by atoms with Crippen molar-refractivity contribution >= 4 is 49.8 Å². The first-order valence-corrected chi connectivity index (χ1v) is 13.0. The molecule has 2 aromatic carbocycles. The van der Waals surface area contributed by atoms with E-state index in [0.29, 0.717) is 21.8 Å². The summed E-state index contributed by atoms with van der Waals surface area (Å²) >= 11 is 2.82. The van der Waals surface area contributed by atoms with E-state index in [9.17, 15) is 13.2 Å². The molecule has 0 aliphatic carbocycles. The molecule has 0 saturated carbocycles. The largest absolute Gasteiger partial charge is 0.476 e. The zero-order valence-corrected chi connectivity index (χ0v) is 20.1. The predicted molar refractivity (Wildman–Crippen MR) is 126 cm³/mol. The van der Waals surface area contributed by atoms with E-state index >= 15 is 0 Å². The van der Waals surface area contributed by atoms with Gasteiger partial charge in [-0.1, -0.05) is 61.2 Å². The predicted octanol–water partition coefficient (Wildman–Crippen LogP) is 3.94. The Kier molecular flexibility index (Phi) is 6.40. The molecular formula is C21H22N4O4S3. The van der Waals surface area contributed by atoms with Gasteiger partial charge in [-0.3, -0.25) is 14.4 Å². The SMILES string of the molecule is Cc1ccc2c(c1)OC(C(=O)Nc1nnc(SC(C)C)s1)CN2S(=O)(=O)c1ccccc1. The standard InChI is InChI=1S/C21H22N4O4S3/c1-13(2)30-21-24-23-20(31-21)22-19(26)18-12-25(16-10-9-14(3)11-17(16)29-18)32(27,28)15-7-5-4-6-8-15/h4-11,13,18H,12H2,1-3H3,(H,22,23,26). The Morgan fingerprint density at radius 3 is 2.69 bits per heavy atom. The van der Waals surface area contributed by atoms with Gasteiger partial charge < -0.3 is 4.74 Å². The van der Waals surface area contributed by atoms with Crippen molar-refractivity contribution in [3.05, 3.63) is 54.1 Å². The second kappa shape index (κ2) is 9.08. The molecule has 0 spiro atoms. The Balaban J connectivity index is 1.62. The minimum absolute atomic E-state index is 0.145. The van der Waals surface area contributed by atoms with Gasteiger partial charge in [0.15, 0.2) is 10.4 Å². The Morgan fingerprint density at radius 1 is 1.22 bits per heavy atom. The van der Waals surface area contributed by atoms with Crippen LogP contribution >= 0.6 is 23.1 Å². The van der Waals surface area contributed by atoms with Crippen molar-refractivity contribution in [3.8, 4) is 5.75 Å². The molecule has 1 aliphatic heterocycles. The van der Waals surface area contributed by atoms with Crippen molar-refractivity contribution in [1.29, 1.82) is 0 Å². The van der Waals surface area contributed by atoms with Gasteiger partial charge in [0.05, 0.1) is 17.1 Å². The number of sulfonamides is 1. The normalized spacial score (nSPS) is 15.9. The number of aromatic nitrogens is 2. The van der Waals surface area contributed by atoms with E-state index in [4.69, 9.17) is 4.74 Å². The van der Waals surface area contributed by atoms with Crippen LogP contribution in [0.15, 0.2) is 57.8 Å². The van der Waals surface area contributed by atoms with Gasteiger partial charge >= 0.3 is 0 Å². The number of benzene rings is 2. The van der Waals surface area contributed by atoms with E-state index in [1.54, 1.807) is 42.1 Å². The summed E-state index contributed by atoms with van der Waals surface area (Å²) in [5, 5.41) is 11.5. The summed E-state index contributed by atoms with van der Waals surface area (Å²) in [7, 11) is -3.89. The highest BCUT2D eigenvalue weighted by Gasteiger charge is 2.38. The maximum Gasteiger partial charge on any atom is 0.269 e. The summed E-state index contributed by atoms with van der Waals surface area (Å²) in [5.41, 5.74) is 1.29. The molecule has 32 heavy (non-hydrogen) atoms. The number of nitrogens with zero attached hydrogens (tertiary/aromatic N) is 3. The molecule has 3 aromatic rings. The summed E-state index contributed by atoms with van der Waals surface area (Å²) in [6.45, 7) is 5.80. The molecule has 1 atom stereocenters. The first kappa shape index (κ1) is 22.6. The fourth-order valence-corrected chi connectivity index (χ4v) is 6.62. The van der Waals surface area contributed by atoms with Gasteiger partial charge in [-0.15, -0.1) is 10.2 Å². The Morgan fingerprint density at radius 2 is 1.97 bits per heavy atom. The van der Waals surface area contributed by atoms with Crippen LogP contribution in [0, 0.1) is 6.92 Å². The molecule has 1 aliphatic rings. The number of thioether (sulfide) groups is 1. The van der Waals surface area contributed by atoms with Gasteiger partial charge in [0.25, 0.3) is 15.9 Å². The molecule has 4 rings (SSSR count). The summed E-state index contributed by atoms with van der Waals surface area (Å²) < 4.78 is 34.7. The minimum Gasteiger partial charge on any atom is -0.476 e. The van der Waals surface area contributed by atoms with Crippen LogP contribution in [0.4, 0.5) is 10.8 Å². The maximum absolute atomic E-state index is 13.4. The lowest BCUT2D eigenvalue weighted by atomic mass is 10.1. The van der Waals surface area contributed by atoms with Crippen LogP contribution in [0.1, 0.15) is 19.4 Å². The van der Waals surface area contributed by atoms with Crippen LogP contribution in [0.2, 0.25) is 0 Å². The second-order valence-electron chi connectivity index (χ2n) is 7.46. The first-order valence-electron chi connectivity index (χ1n) is 9.90. The lowest BCUT2D eigenvalue weighted by Gasteiger charge is -2.34. The van der Waals surface area contributed by atoms with Crippen molar-refractivity contribution < 1.29 is 17.9 Å². The lowest BCUT2D eigenvalue weighted by Crippen LogP contribution is -2.48. The molecule has 0 bridgehead atoms. The van der Waals surface area contributed by atoms with E-state index in [0.717, 1.165) is 9.90 Å². The molecule has 11 heteroatoms. The summed E-state index contributed by atoms with van der Waals surface area (Å²) in [6.07, 6.45) is -1.05. The fraction of sp³-hybridized carbons (Fsp3) is 0.286. The number of carbonyl (C=O) groups is 1. The average molecular weight is 491 g/mol. The topological polar surface area (TPSA) is 101 Å². The lowest BCUT2D eigenvalue weighted by molar-refractivity contribution is -0.122. The van der Waals surface area contributed by atoms with Gasteiger partial charge in [-0.05, 0) is 36.8 Å². The monoisotopic (exact) mass is 490 g/mol. The van der Waals surface area contributed by atoms with E-state index in [-0.39, 0.29) is 11.4 Å². The van der Waals surface area contributed by atoms with Crippen molar-refractivity contribution in [3.63, 3.8) is 0 Å². The van der Waals surface area contributed by atoms with E-state index in [2.05, 4.69) is 15.5 Å². The van der Waals surface area contributed by atoms with Crippen molar-refractivity contribution in [2.45, 2.75) is 41.4 Å². The fourth-order valence-electron chi connectivity index (χ4n) is 3.14. The van der Waals surface area contributed by atoms with Crippen LogP contribution in [0.5, 0.6) is 5.75 Å². The van der Waals surface area contributed by atoms with Crippen LogP contribution in [0.25, 0.3) is 0 Å². The number of fused-ring (bicyclic) bond motifs is 1. The molecule has 0 radical (unpaired) electrons. The van der Waals surface area contributed by atoms with Gasteiger partial charge in [-0.2, -0.15) is 0 Å². The molecule has 168 valence electrons. The number of hydrogen-bond acceptors (Lipinski definition) is 8. The third kappa shape index (κ3) is 4.74.